The number of carbonyl (C=O) groups is 1. The van der Waals surface area contributed by atoms with Crippen LogP contribution in [0.5, 0.6) is 5.75 Å². The normalized spacial score (nSPS) is 26.9. The molecular weight excluding hydrogens is 192 g/mol. The highest BCUT2D eigenvalue weighted by atomic mass is 16.5. The second-order valence-electron chi connectivity index (χ2n) is 4.21. The lowest BCUT2D eigenvalue weighted by atomic mass is 10.00. The van der Waals surface area contributed by atoms with Crippen molar-refractivity contribution >= 4 is 5.97 Å². The zero-order chi connectivity index (χ0) is 10.4. The largest absolute Gasteiger partial charge is 0.493 e. The highest BCUT2D eigenvalue weighted by Crippen LogP contribution is 2.50. The third-order valence-electron chi connectivity index (χ3n) is 3.29. The van der Waals surface area contributed by atoms with Crippen molar-refractivity contribution < 1.29 is 14.6 Å². The Labute approximate surface area is 87.7 Å². The van der Waals surface area contributed by atoms with Gasteiger partial charge in [-0.1, -0.05) is 12.1 Å². The Balaban J connectivity index is 1.94. The molecule has 2 aliphatic rings. The first-order chi connectivity index (χ1) is 7.27. The van der Waals surface area contributed by atoms with Crippen molar-refractivity contribution in [3.63, 3.8) is 0 Å². The third kappa shape index (κ3) is 1.30. The van der Waals surface area contributed by atoms with Crippen molar-refractivity contribution in [1.82, 2.24) is 0 Å². The molecule has 1 aliphatic carbocycles. The molecule has 3 nitrogen and oxygen atoms in total. The number of carboxylic acids is 1. The van der Waals surface area contributed by atoms with E-state index in [1.807, 2.05) is 18.2 Å². The predicted molar refractivity (Wildman–Crippen MR) is 54.1 cm³/mol. The summed E-state index contributed by atoms with van der Waals surface area (Å²) in [5, 5.41) is 8.90. The van der Waals surface area contributed by atoms with Crippen LogP contribution >= 0.6 is 0 Å². The topological polar surface area (TPSA) is 46.5 Å². The zero-order valence-corrected chi connectivity index (χ0v) is 8.27. The maximum atomic E-state index is 10.8. The van der Waals surface area contributed by atoms with Crippen LogP contribution in [0, 0.1) is 5.92 Å². The Morgan fingerprint density at radius 1 is 1.47 bits per heavy atom. The molecular formula is C12H12O3. The lowest BCUT2D eigenvalue weighted by Crippen LogP contribution is -2.00. The van der Waals surface area contributed by atoms with Crippen molar-refractivity contribution in [2.45, 2.75) is 18.8 Å². The van der Waals surface area contributed by atoms with E-state index in [-0.39, 0.29) is 11.8 Å². The standard InChI is InChI=1S/C12H12O3/c13-12(14)10-6-9(10)7-2-1-3-11-8(7)4-5-15-11/h1-3,9-10H,4-6H2,(H,13,14)/t9-,10+/m0/s1. The zero-order valence-electron chi connectivity index (χ0n) is 8.27. The van der Waals surface area contributed by atoms with Crippen molar-refractivity contribution in [2.75, 3.05) is 6.61 Å². The van der Waals surface area contributed by atoms with E-state index in [0.717, 1.165) is 25.2 Å². The van der Waals surface area contributed by atoms with Gasteiger partial charge in [0.1, 0.15) is 5.75 Å². The molecule has 1 heterocycles. The second kappa shape index (κ2) is 2.99. The second-order valence-corrected chi connectivity index (χ2v) is 4.21. The monoisotopic (exact) mass is 204 g/mol. The number of benzene rings is 1. The molecule has 1 aromatic carbocycles. The molecule has 0 unspecified atom stereocenters. The summed E-state index contributed by atoms with van der Waals surface area (Å²) in [5.74, 6) is 0.330. The van der Waals surface area contributed by atoms with Gasteiger partial charge in [-0.05, 0) is 24.0 Å². The minimum absolute atomic E-state index is 0.169. The van der Waals surface area contributed by atoms with Crippen LogP contribution in [0.15, 0.2) is 18.2 Å². The molecule has 1 saturated carbocycles. The number of fused-ring (bicyclic) bond motifs is 1. The van der Waals surface area contributed by atoms with E-state index in [0.29, 0.717) is 0 Å². The predicted octanol–water partition coefficient (Wildman–Crippen LogP) is 1.81. The summed E-state index contributed by atoms with van der Waals surface area (Å²) in [5.41, 5.74) is 2.42. The van der Waals surface area contributed by atoms with Crippen LogP contribution in [-0.2, 0) is 11.2 Å². The molecule has 3 heteroatoms. The van der Waals surface area contributed by atoms with E-state index in [2.05, 4.69) is 0 Å². The van der Waals surface area contributed by atoms with Gasteiger partial charge in [0.05, 0.1) is 12.5 Å². The van der Waals surface area contributed by atoms with Gasteiger partial charge in [0.2, 0.25) is 0 Å². The van der Waals surface area contributed by atoms with E-state index >= 15 is 0 Å². The Hall–Kier alpha value is -1.51. The molecule has 0 amide bonds. The van der Waals surface area contributed by atoms with Gasteiger partial charge < -0.3 is 9.84 Å². The van der Waals surface area contributed by atoms with E-state index in [4.69, 9.17) is 9.84 Å². The average molecular weight is 204 g/mol. The molecule has 3 rings (SSSR count). The fraction of sp³-hybridized carbons (Fsp3) is 0.417. The van der Waals surface area contributed by atoms with Gasteiger partial charge in [-0.15, -0.1) is 0 Å². The highest BCUT2D eigenvalue weighted by Gasteiger charge is 2.45. The molecule has 0 spiro atoms. The molecule has 0 saturated heterocycles. The van der Waals surface area contributed by atoms with Gasteiger partial charge in [-0.25, -0.2) is 0 Å². The van der Waals surface area contributed by atoms with E-state index in [9.17, 15) is 4.79 Å². The molecule has 2 atom stereocenters. The first kappa shape index (κ1) is 8.77. The van der Waals surface area contributed by atoms with Crippen molar-refractivity contribution in [1.29, 1.82) is 0 Å². The molecule has 1 aromatic rings. The third-order valence-corrected chi connectivity index (χ3v) is 3.29. The van der Waals surface area contributed by atoms with E-state index in [1.54, 1.807) is 0 Å². The lowest BCUT2D eigenvalue weighted by molar-refractivity contribution is -0.138. The number of ether oxygens (including phenoxy) is 1. The summed E-state index contributed by atoms with van der Waals surface area (Å²) in [6.45, 7) is 0.733. The quantitative estimate of drug-likeness (QED) is 0.799. The molecule has 1 N–H and O–H groups in total. The van der Waals surface area contributed by atoms with Gasteiger partial charge in [0.15, 0.2) is 0 Å². The van der Waals surface area contributed by atoms with Crippen LogP contribution in [0.2, 0.25) is 0 Å². The number of hydrogen-bond donors (Lipinski definition) is 1. The van der Waals surface area contributed by atoms with Crippen molar-refractivity contribution in [3.05, 3.63) is 29.3 Å². The minimum Gasteiger partial charge on any atom is -0.493 e. The summed E-state index contributed by atoms with van der Waals surface area (Å²) in [6.07, 6.45) is 1.71. The van der Waals surface area contributed by atoms with Gasteiger partial charge in [-0.3, -0.25) is 4.79 Å². The van der Waals surface area contributed by atoms with E-state index < -0.39 is 5.97 Å². The van der Waals surface area contributed by atoms with Gasteiger partial charge in [-0.2, -0.15) is 0 Å². The van der Waals surface area contributed by atoms with Crippen LogP contribution in [0.3, 0.4) is 0 Å². The maximum absolute atomic E-state index is 10.8. The van der Waals surface area contributed by atoms with Crippen molar-refractivity contribution in [3.8, 4) is 5.75 Å². The molecule has 0 radical (unpaired) electrons. The average Bonchev–Trinajstić information content (AvgIpc) is 2.87. The van der Waals surface area contributed by atoms with Gasteiger partial charge in [0, 0.05) is 12.0 Å². The van der Waals surface area contributed by atoms with Gasteiger partial charge in [0.25, 0.3) is 0 Å². The van der Waals surface area contributed by atoms with Crippen LogP contribution < -0.4 is 4.74 Å². The Kier molecular flexibility index (Phi) is 1.75. The first-order valence-electron chi connectivity index (χ1n) is 5.25. The number of hydrogen-bond acceptors (Lipinski definition) is 2. The summed E-state index contributed by atoms with van der Waals surface area (Å²) in [4.78, 5) is 10.8. The molecule has 1 aliphatic heterocycles. The highest BCUT2D eigenvalue weighted by molar-refractivity contribution is 5.75. The van der Waals surface area contributed by atoms with Gasteiger partial charge >= 0.3 is 5.97 Å². The fourth-order valence-electron chi connectivity index (χ4n) is 2.41. The molecule has 0 aromatic heterocycles. The van der Waals surface area contributed by atoms with Crippen LogP contribution in [0.4, 0.5) is 0 Å². The molecule has 0 bridgehead atoms. The summed E-state index contributed by atoms with van der Waals surface area (Å²) >= 11 is 0. The first-order valence-corrected chi connectivity index (χ1v) is 5.25. The van der Waals surface area contributed by atoms with Crippen LogP contribution in [0.25, 0.3) is 0 Å². The Morgan fingerprint density at radius 2 is 2.33 bits per heavy atom. The maximum Gasteiger partial charge on any atom is 0.307 e. The summed E-state index contributed by atoms with van der Waals surface area (Å²) in [6, 6.07) is 5.96. The van der Waals surface area contributed by atoms with Crippen molar-refractivity contribution in [2.24, 2.45) is 5.92 Å². The lowest BCUT2D eigenvalue weighted by Gasteiger charge is -2.05. The Bertz CT molecular complexity index is 425. The molecule has 78 valence electrons. The summed E-state index contributed by atoms with van der Waals surface area (Å²) < 4.78 is 5.47. The summed E-state index contributed by atoms with van der Waals surface area (Å²) in [7, 11) is 0. The van der Waals surface area contributed by atoms with E-state index in [1.165, 1.54) is 11.1 Å². The number of aliphatic carboxylic acids is 1. The Morgan fingerprint density at radius 3 is 3.07 bits per heavy atom. The fourth-order valence-corrected chi connectivity index (χ4v) is 2.41. The molecule has 1 fully saturated rings. The SMILES string of the molecule is O=C(O)[C@@H]1C[C@H]1c1cccc2c1CCO2. The van der Waals surface area contributed by atoms with Crippen LogP contribution in [-0.4, -0.2) is 17.7 Å². The minimum atomic E-state index is -0.670. The van der Waals surface area contributed by atoms with Crippen LogP contribution in [0.1, 0.15) is 23.5 Å². The smallest absolute Gasteiger partial charge is 0.307 e. The number of carboxylic acid groups (broad SMARTS) is 1. The number of rotatable bonds is 2. The molecule has 15 heavy (non-hydrogen) atoms.